The fourth-order valence-electron chi connectivity index (χ4n) is 2.82. The molecular weight excluding hydrogens is 260 g/mol. The molecule has 3 nitrogen and oxygen atoms in total. The van der Waals surface area contributed by atoms with Crippen LogP contribution in [0.1, 0.15) is 52.0 Å². The van der Waals surface area contributed by atoms with Crippen molar-refractivity contribution in [1.82, 2.24) is 5.32 Å². The number of anilines is 1. The third-order valence-electron chi connectivity index (χ3n) is 3.84. The van der Waals surface area contributed by atoms with Gasteiger partial charge in [0.25, 0.3) is 0 Å². The summed E-state index contributed by atoms with van der Waals surface area (Å²) < 4.78 is 6.08. The summed E-state index contributed by atoms with van der Waals surface area (Å²) in [5.74, 6) is 1.04. The van der Waals surface area contributed by atoms with Crippen molar-refractivity contribution in [3.05, 3.63) is 23.8 Å². The molecular formula is C18H30N2O. The predicted molar refractivity (Wildman–Crippen MR) is 90.3 cm³/mol. The first-order valence-corrected chi connectivity index (χ1v) is 8.46. The van der Waals surface area contributed by atoms with Gasteiger partial charge in [0.2, 0.25) is 0 Å². The van der Waals surface area contributed by atoms with Crippen molar-refractivity contribution in [3.63, 3.8) is 0 Å². The lowest BCUT2D eigenvalue weighted by Gasteiger charge is -2.31. The molecule has 118 valence electrons. The number of nitrogens with one attached hydrogen (secondary N) is 1. The number of hydrogen-bond acceptors (Lipinski definition) is 3. The van der Waals surface area contributed by atoms with Gasteiger partial charge in [0.15, 0.2) is 0 Å². The molecule has 0 unspecified atom stereocenters. The van der Waals surface area contributed by atoms with Gasteiger partial charge in [-0.2, -0.15) is 0 Å². The molecule has 1 fully saturated rings. The van der Waals surface area contributed by atoms with Crippen LogP contribution in [-0.2, 0) is 6.54 Å². The Morgan fingerprint density at radius 2 is 1.95 bits per heavy atom. The molecule has 1 aromatic rings. The van der Waals surface area contributed by atoms with Crippen molar-refractivity contribution >= 4 is 5.69 Å². The summed E-state index contributed by atoms with van der Waals surface area (Å²) in [6, 6.07) is 6.69. The van der Waals surface area contributed by atoms with Crippen molar-refractivity contribution in [2.45, 2.75) is 59.1 Å². The van der Waals surface area contributed by atoms with Crippen molar-refractivity contribution in [1.29, 1.82) is 0 Å². The maximum Gasteiger partial charge on any atom is 0.143 e. The van der Waals surface area contributed by atoms with Gasteiger partial charge in [0, 0.05) is 19.6 Å². The Bertz CT molecular complexity index is 425. The van der Waals surface area contributed by atoms with Crippen LogP contribution >= 0.6 is 0 Å². The van der Waals surface area contributed by atoms with Gasteiger partial charge in [-0.1, -0.05) is 13.0 Å². The van der Waals surface area contributed by atoms with Crippen molar-refractivity contribution in [2.24, 2.45) is 0 Å². The second kappa shape index (κ2) is 8.28. The molecule has 1 N–H and O–H groups in total. The Balaban J connectivity index is 2.14. The van der Waals surface area contributed by atoms with E-state index in [-0.39, 0.29) is 6.10 Å². The molecule has 0 amide bonds. The average Bonchev–Trinajstić information content (AvgIpc) is 2.48. The molecule has 1 heterocycles. The number of ether oxygens (including phenoxy) is 1. The summed E-state index contributed by atoms with van der Waals surface area (Å²) in [5.41, 5.74) is 2.57. The van der Waals surface area contributed by atoms with E-state index in [2.05, 4.69) is 49.2 Å². The third-order valence-corrected chi connectivity index (χ3v) is 3.84. The number of piperidine rings is 1. The lowest BCUT2D eigenvalue weighted by atomic mass is 10.1. The van der Waals surface area contributed by atoms with Gasteiger partial charge in [0.1, 0.15) is 5.75 Å². The van der Waals surface area contributed by atoms with Crippen LogP contribution < -0.4 is 15.0 Å². The zero-order valence-corrected chi connectivity index (χ0v) is 13.8. The van der Waals surface area contributed by atoms with E-state index < -0.39 is 0 Å². The molecule has 1 aliphatic heterocycles. The van der Waals surface area contributed by atoms with Crippen LogP contribution in [0.25, 0.3) is 0 Å². The summed E-state index contributed by atoms with van der Waals surface area (Å²) in [7, 11) is 0. The van der Waals surface area contributed by atoms with E-state index in [1.54, 1.807) is 0 Å². The van der Waals surface area contributed by atoms with Gasteiger partial charge in [-0.3, -0.25) is 0 Å². The third kappa shape index (κ3) is 4.92. The van der Waals surface area contributed by atoms with E-state index >= 15 is 0 Å². The summed E-state index contributed by atoms with van der Waals surface area (Å²) in [6.07, 6.45) is 5.33. The number of rotatable bonds is 7. The van der Waals surface area contributed by atoms with E-state index in [1.165, 1.54) is 36.9 Å². The van der Waals surface area contributed by atoms with Crippen molar-refractivity contribution in [3.8, 4) is 5.75 Å². The molecule has 1 aliphatic rings. The van der Waals surface area contributed by atoms with E-state index in [0.717, 1.165) is 31.9 Å². The Labute approximate surface area is 129 Å². The van der Waals surface area contributed by atoms with Gasteiger partial charge in [-0.15, -0.1) is 0 Å². The Kier molecular flexibility index (Phi) is 6.37. The Morgan fingerprint density at radius 3 is 2.62 bits per heavy atom. The zero-order chi connectivity index (χ0) is 15.1. The van der Waals surface area contributed by atoms with Gasteiger partial charge in [-0.25, -0.2) is 0 Å². The first kappa shape index (κ1) is 16.2. The number of hydrogen-bond donors (Lipinski definition) is 1. The Morgan fingerprint density at radius 1 is 1.19 bits per heavy atom. The number of nitrogens with zero attached hydrogens (tertiary/aromatic N) is 1. The molecule has 0 atom stereocenters. The van der Waals surface area contributed by atoms with Crippen LogP contribution in [0.4, 0.5) is 5.69 Å². The van der Waals surface area contributed by atoms with Gasteiger partial charge in [-0.05, 0) is 63.8 Å². The zero-order valence-electron chi connectivity index (χ0n) is 13.8. The van der Waals surface area contributed by atoms with Crippen LogP contribution in [-0.4, -0.2) is 25.7 Å². The highest BCUT2D eigenvalue weighted by Gasteiger charge is 2.16. The van der Waals surface area contributed by atoms with Crippen LogP contribution in [0.15, 0.2) is 18.2 Å². The maximum atomic E-state index is 6.08. The van der Waals surface area contributed by atoms with Crippen LogP contribution in [0.5, 0.6) is 5.75 Å². The van der Waals surface area contributed by atoms with Crippen LogP contribution in [0, 0.1) is 0 Å². The standard InChI is InChI=1S/C18H30N2O/c1-4-10-19-14-16-8-9-17(18(13-16)21-15(2)3)20-11-6-5-7-12-20/h8-9,13,15,19H,4-7,10-12,14H2,1-3H3. The molecule has 1 aromatic carbocycles. The molecule has 21 heavy (non-hydrogen) atoms. The van der Waals surface area contributed by atoms with Crippen molar-refractivity contribution in [2.75, 3.05) is 24.5 Å². The first-order chi connectivity index (χ1) is 10.2. The SMILES string of the molecule is CCCNCc1ccc(N2CCCCC2)c(OC(C)C)c1. The highest BCUT2D eigenvalue weighted by Crippen LogP contribution is 2.32. The van der Waals surface area contributed by atoms with Crippen molar-refractivity contribution < 1.29 is 4.74 Å². The second-order valence-corrected chi connectivity index (χ2v) is 6.19. The normalized spacial score (nSPS) is 15.5. The lowest BCUT2D eigenvalue weighted by molar-refractivity contribution is 0.242. The van der Waals surface area contributed by atoms with E-state index in [1.807, 2.05) is 0 Å². The largest absolute Gasteiger partial charge is 0.489 e. The minimum Gasteiger partial charge on any atom is -0.489 e. The molecule has 0 spiro atoms. The first-order valence-electron chi connectivity index (χ1n) is 8.46. The number of benzene rings is 1. The summed E-state index contributed by atoms with van der Waals surface area (Å²) >= 11 is 0. The van der Waals surface area contributed by atoms with E-state index in [0.29, 0.717) is 0 Å². The minimum atomic E-state index is 0.215. The molecule has 0 saturated carbocycles. The average molecular weight is 290 g/mol. The van der Waals surface area contributed by atoms with Crippen LogP contribution in [0.2, 0.25) is 0 Å². The highest BCUT2D eigenvalue weighted by atomic mass is 16.5. The Hall–Kier alpha value is -1.22. The fourth-order valence-corrected chi connectivity index (χ4v) is 2.82. The second-order valence-electron chi connectivity index (χ2n) is 6.19. The topological polar surface area (TPSA) is 24.5 Å². The summed E-state index contributed by atoms with van der Waals surface area (Å²) in [5, 5.41) is 3.46. The molecule has 0 bridgehead atoms. The molecule has 1 saturated heterocycles. The van der Waals surface area contributed by atoms with Gasteiger partial charge >= 0.3 is 0 Å². The van der Waals surface area contributed by atoms with Gasteiger partial charge in [0.05, 0.1) is 11.8 Å². The summed E-state index contributed by atoms with van der Waals surface area (Å²) in [6.45, 7) is 10.7. The monoisotopic (exact) mass is 290 g/mol. The fraction of sp³-hybridized carbons (Fsp3) is 0.667. The minimum absolute atomic E-state index is 0.215. The molecule has 3 heteroatoms. The van der Waals surface area contributed by atoms with Crippen LogP contribution in [0.3, 0.4) is 0 Å². The maximum absolute atomic E-state index is 6.08. The van der Waals surface area contributed by atoms with E-state index in [4.69, 9.17) is 4.74 Å². The van der Waals surface area contributed by atoms with E-state index in [9.17, 15) is 0 Å². The molecule has 0 radical (unpaired) electrons. The smallest absolute Gasteiger partial charge is 0.143 e. The quantitative estimate of drug-likeness (QED) is 0.769. The molecule has 0 aromatic heterocycles. The predicted octanol–water partition coefficient (Wildman–Crippen LogP) is 3.96. The summed E-state index contributed by atoms with van der Waals surface area (Å²) in [4.78, 5) is 2.48. The molecule has 2 rings (SSSR count). The molecule has 0 aliphatic carbocycles. The van der Waals surface area contributed by atoms with Gasteiger partial charge < -0.3 is 15.0 Å². The highest BCUT2D eigenvalue weighted by molar-refractivity contribution is 5.60. The lowest BCUT2D eigenvalue weighted by Crippen LogP contribution is -2.30.